The minimum atomic E-state index is -5.08. The molecule has 15 heteroatoms. The third-order valence-corrected chi connectivity index (χ3v) is 8.65. The number of aromatic nitrogens is 5. The number of pyridine rings is 1. The van der Waals surface area contributed by atoms with Gasteiger partial charge in [0.15, 0.2) is 5.01 Å². The molecular formula is C27H26F3N9O2S. The van der Waals surface area contributed by atoms with Crippen LogP contribution in [0.5, 0.6) is 0 Å². The molecule has 2 saturated heterocycles. The van der Waals surface area contributed by atoms with Gasteiger partial charge in [0.25, 0.3) is 0 Å². The second kappa shape index (κ2) is 11.2. The highest BCUT2D eigenvalue weighted by Crippen LogP contribution is 2.38. The highest BCUT2D eigenvalue weighted by atomic mass is 32.1. The molecule has 3 fully saturated rings. The number of nitriles is 1. The molecule has 2 atom stereocenters. The third kappa shape index (κ3) is 5.72. The van der Waals surface area contributed by atoms with E-state index in [1.54, 1.807) is 17.5 Å². The van der Waals surface area contributed by atoms with E-state index in [0.717, 1.165) is 51.4 Å². The molecule has 3 N–H and O–H groups in total. The zero-order chi connectivity index (χ0) is 29.4. The molecular weight excluding hydrogens is 571 g/mol. The van der Waals surface area contributed by atoms with Crippen LogP contribution in [0.4, 0.5) is 24.0 Å². The summed E-state index contributed by atoms with van der Waals surface area (Å²) in [6.07, 6.45) is 4.51. The number of halogens is 3. The van der Waals surface area contributed by atoms with Crippen LogP contribution in [0.15, 0.2) is 36.7 Å². The second-order valence-corrected chi connectivity index (χ2v) is 11.5. The van der Waals surface area contributed by atoms with Gasteiger partial charge in [0.2, 0.25) is 5.13 Å². The molecule has 7 rings (SSSR count). The SMILES string of the molecule is N#Cc1cnn2c(-c3cc(NC4CCC4)c(-c4nnc(N5CC6CCC(C5)N6)s4)cn3)ccc2c1.O=C(O)C(F)(F)F. The lowest BCUT2D eigenvalue weighted by molar-refractivity contribution is -0.192. The standard InChI is InChI=1S/C25H25N9S.C2HF3O2/c26-10-15-8-19-6-7-23(34(19)28-11-15)22-9-21(30-16-2-1-3-16)20(12-27-22)24-31-32-25(35-24)33-13-17-4-5-18(14-33)29-17;3-2(4,5)1(6)7/h6-9,11-12,16-18,29H,1-5,13-14H2,(H,27,30);(H,6,7). The van der Waals surface area contributed by atoms with Crippen molar-refractivity contribution in [3.63, 3.8) is 0 Å². The first-order valence-electron chi connectivity index (χ1n) is 13.5. The molecule has 0 spiro atoms. The van der Waals surface area contributed by atoms with Crippen LogP contribution in [-0.2, 0) is 4.79 Å². The Bertz CT molecular complexity index is 1650. The minimum absolute atomic E-state index is 0.473. The van der Waals surface area contributed by atoms with Crippen molar-refractivity contribution in [2.75, 3.05) is 23.3 Å². The van der Waals surface area contributed by atoms with E-state index in [2.05, 4.69) is 43.0 Å². The quantitative estimate of drug-likeness (QED) is 0.304. The first kappa shape index (κ1) is 27.9. The number of nitrogens with zero attached hydrogens (tertiary/aromatic N) is 7. The number of hydrogen-bond acceptors (Lipinski definition) is 10. The number of piperazine rings is 1. The van der Waals surface area contributed by atoms with E-state index in [9.17, 15) is 18.4 Å². The molecule has 42 heavy (non-hydrogen) atoms. The number of carboxylic acids is 1. The van der Waals surface area contributed by atoms with Crippen molar-refractivity contribution in [1.82, 2.24) is 30.1 Å². The fourth-order valence-electron chi connectivity index (χ4n) is 5.32. The van der Waals surface area contributed by atoms with Crippen molar-refractivity contribution in [3.05, 3.63) is 42.2 Å². The molecule has 0 radical (unpaired) electrons. The summed E-state index contributed by atoms with van der Waals surface area (Å²) < 4.78 is 33.6. The second-order valence-electron chi connectivity index (χ2n) is 10.5. The molecule has 11 nitrogen and oxygen atoms in total. The summed E-state index contributed by atoms with van der Waals surface area (Å²) in [5.74, 6) is -2.76. The van der Waals surface area contributed by atoms with Crippen LogP contribution in [0.1, 0.15) is 37.7 Å². The van der Waals surface area contributed by atoms with E-state index in [1.807, 2.05) is 28.9 Å². The maximum Gasteiger partial charge on any atom is 0.490 e. The Balaban J connectivity index is 0.000000405. The smallest absolute Gasteiger partial charge is 0.475 e. The van der Waals surface area contributed by atoms with Gasteiger partial charge < -0.3 is 20.6 Å². The van der Waals surface area contributed by atoms with E-state index < -0.39 is 12.1 Å². The van der Waals surface area contributed by atoms with Crippen LogP contribution in [0.25, 0.3) is 27.5 Å². The van der Waals surface area contributed by atoms with E-state index in [0.29, 0.717) is 23.7 Å². The van der Waals surface area contributed by atoms with Gasteiger partial charge in [-0.25, -0.2) is 9.31 Å². The van der Waals surface area contributed by atoms with Crippen LogP contribution in [0.2, 0.25) is 0 Å². The zero-order valence-electron chi connectivity index (χ0n) is 22.2. The fourth-order valence-corrected chi connectivity index (χ4v) is 6.20. The Morgan fingerprint density at radius 1 is 1.12 bits per heavy atom. The lowest BCUT2D eigenvalue weighted by Gasteiger charge is -2.32. The lowest BCUT2D eigenvalue weighted by Crippen LogP contribution is -2.51. The number of carboxylic acid groups (broad SMARTS) is 1. The summed E-state index contributed by atoms with van der Waals surface area (Å²) in [7, 11) is 0. The van der Waals surface area contributed by atoms with Gasteiger partial charge >= 0.3 is 12.1 Å². The topological polar surface area (TPSA) is 144 Å². The molecule has 1 saturated carbocycles. The Morgan fingerprint density at radius 2 is 1.86 bits per heavy atom. The van der Waals surface area contributed by atoms with Crippen LogP contribution >= 0.6 is 11.3 Å². The van der Waals surface area contributed by atoms with Gasteiger partial charge in [-0.2, -0.15) is 23.5 Å². The van der Waals surface area contributed by atoms with Crippen LogP contribution in [-0.4, -0.2) is 73.3 Å². The number of rotatable bonds is 5. The van der Waals surface area contributed by atoms with Crippen molar-refractivity contribution >= 4 is 33.6 Å². The van der Waals surface area contributed by atoms with Gasteiger partial charge in [0.1, 0.15) is 6.07 Å². The third-order valence-electron chi connectivity index (χ3n) is 7.63. The van der Waals surface area contributed by atoms with Crippen molar-refractivity contribution < 1.29 is 23.1 Å². The number of fused-ring (bicyclic) bond motifs is 3. The highest BCUT2D eigenvalue weighted by molar-refractivity contribution is 7.18. The Hall–Kier alpha value is -4.29. The predicted octanol–water partition coefficient (Wildman–Crippen LogP) is 4.32. The first-order valence-corrected chi connectivity index (χ1v) is 14.3. The maximum atomic E-state index is 10.6. The zero-order valence-corrected chi connectivity index (χ0v) is 23.0. The number of aliphatic carboxylic acids is 1. The van der Waals surface area contributed by atoms with Gasteiger partial charge in [-0.3, -0.25) is 4.98 Å². The molecule has 3 aliphatic rings. The average Bonchev–Trinajstić information content (AvgIpc) is 3.68. The number of nitrogens with one attached hydrogen (secondary N) is 2. The monoisotopic (exact) mass is 597 g/mol. The molecule has 0 amide bonds. The summed E-state index contributed by atoms with van der Waals surface area (Å²) in [6.45, 7) is 1.99. The van der Waals surface area contributed by atoms with Crippen molar-refractivity contribution in [3.8, 4) is 28.0 Å². The Morgan fingerprint density at radius 3 is 2.50 bits per heavy atom. The van der Waals surface area contributed by atoms with E-state index in [1.165, 1.54) is 32.1 Å². The Kier molecular flexibility index (Phi) is 7.42. The predicted molar refractivity (Wildman–Crippen MR) is 149 cm³/mol. The van der Waals surface area contributed by atoms with Gasteiger partial charge in [0.05, 0.1) is 34.2 Å². The number of anilines is 2. The molecule has 4 aromatic rings. The van der Waals surface area contributed by atoms with Crippen molar-refractivity contribution in [2.45, 2.75) is 56.4 Å². The molecule has 2 aliphatic heterocycles. The molecule has 4 aromatic heterocycles. The molecule has 218 valence electrons. The van der Waals surface area contributed by atoms with E-state index in [-0.39, 0.29) is 0 Å². The normalized spacial score (nSPS) is 20.0. The van der Waals surface area contributed by atoms with Gasteiger partial charge in [0, 0.05) is 43.1 Å². The molecule has 2 unspecified atom stereocenters. The molecule has 2 bridgehead atoms. The molecule has 1 aliphatic carbocycles. The summed E-state index contributed by atoms with van der Waals surface area (Å²) >= 11 is 1.65. The van der Waals surface area contributed by atoms with Gasteiger partial charge in [-0.1, -0.05) is 11.3 Å². The average molecular weight is 598 g/mol. The summed E-state index contributed by atoms with van der Waals surface area (Å²) in [4.78, 5) is 16.1. The van der Waals surface area contributed by atoms with Crippen LogP contribution in [0, 0.1) is 11.3 Å². The lowest BCUT2D eigenvalue weighted by atomic mass is 9.92. The number of alkyl halides is 3. The van der Waals surface area contributed by atoms with Crippen LogP contribution in [0.3, 0.4) is 0 Å². The summed E-state index contributed by atoms with van der Waals surface area (Å²) in [6, 6.07) is 11.7. The minimum Gasteiger partial charge on any atom is -0.475 e. The first-order chi connectivity index (χ1) is 20.2. The molecule has 6 heterocycles. The fraction of sp³-hybridized carbons (Fsp3) is 0.407. The van der Waals surface area contributed by atoms with Gasteiger partial charge in [-0.05, 0) is 56.4 Å². The number of hydrogen-bond donors (Lipinski definition) is 3. The van der Waals surface area contributed by atoms with E-state index >= 15 is 0 Å². The Labute approximate surface area is 242 Å². The molecule has 0 aromatic carbocycles. The van der Waals surface area contributed by atoms with Gasteiger partial charge in [-0.15, -0.1) is 10.2 Å². The van der Waals surface area contributed by atoms with Crippen LogP contribution < -0.4 is 15.5 Å². The summed E-state index contributed by atoms with van der Waals surface area (Å²) in [5, 5.41) is 39.2. The number of carbonyl (C=O) groups is 1. The van der Waals surface area contributed by atoms with Crippen molar-refractivity contribution in [2.24, 2.45) is 0 Å². The summed E-state index contributed by atoms with van der Waals surface area (Å²) in [5.41, 5.74) is 5.16. The maximum absolute atomic E-state index is 10.6. The highest BCUT2D eigenvalue weighted by Gasteiger charge is 2.38. The largest absolute Gasteiger partial charge is 0.490 e. The van der Waals surface area contributed by atoms with Crippen molar-refractivity contribution in [1.29, 1.82) is 5.26 Å². The van der Waals surface area contributed by atoms with E-state index in [4.69, 9.17) is 14.9 Å².